The molecule has 1 N–H and O–H groups in total. The van der Waals surface area contributed by atoms with Gasteiger partial charge in [-0.05, 0) is 66.1 Å². The summed E-state index contributed by atoms with van der Waals surface area (Å²) in [5, 5.41) is 3.57. The molecule has 2 nitrogen and oxygen atoms in total. The van der Waals surface area contributed by atoms with Crippen molar-refractivity contribution in [2.24, 2.45) is 5.92 Å². The standard InChI is InChI=1S/C14H20BrClN2/c1-10-3-5-14(9-16,6-4-10)18-13-12(15)7-11(2)8-17-13/h7-8,10H,3-6,9H2,1-2H3,(H,17,18). The van der Waals surface area contributed by atoms with Crippen LogP contribution in [0.2, 0.25) is 0 Å². The van der Waals surface area contributed by atoms with E-state index in [0.29, 0.717) is 5.88 Å². The first-order chi connectivity index (χ1) is 8.54. The Balaban J connectivity index is 2.15. The van der Waals surface area contributed by atoms with Gasteiger partial charge in [0.05, 0.1) is 10.0 Å². The Morgan fingerprint density at radius 3 is 2.72 bits per heavy atom. The smallest absolute Gasteiger partial charge is 0.140 e. The number of pyridine rings is 1. The fraction of sp³-hybridized carbons (Fsp3) is 0.643. The molecule has 100 valence electrons. The van der Waals surface area contributed by atoms with Crippen LogP contribution in [0.4, 0.5) is 5.82 Å². The number of rotatable bonds is 3. The average Bonchev–Trinajstić information content (AvgIpc) is 2.36. The van der Waals surface area contributed by atoms with Crippen molar-refractivity contribution in [3.05, 3.63) is 22.3 Å². The Kier molecular flexibility index (Phi) is 4.54. The van der Waals surface area contributed by atoms with Crippen molar-refractivity contribution < 1.29 is 0 Å². The van der Waals surface area contributed by atoms with Gasteiger partial charge in [0.2, 0.25) is 0 Å². The highest BCUT2D eigenvalue weighted by molar-refractivity contribution is 9.10. The molecule has 0 spiro atoms. The SMILES string of the molecule is Cc1cnc(NC2(CCl)CCC(C)CC2)c(Br)c1. The van der Waals surface area contributed by atoms with Crippen LogP contribution in [0.15, 0.2) is 16.7 Å². The second kappa shape index (κ2) is 5.79. The molecule has 0 bridgehead atoms. The summed E-state index contributed by atoms with van der Waals surface area (Å²) in [5.41, 5.74) is 1.17. The van der Waals surface area contributed by atoms with Crippen LogP contribution in [0.5, 0.6) is 0 Å². The van der Waals surface area contributed by atoms with Crippen molar-refractivity contribution in [3.8, 4) is 0 Å². The summed E-state index contributed by atoms with van der Waals surface area (Å²) >= 11 is 9.78. The third kappa shape index (κ3) is 3.18. The van der Waals surface area contributed by atoms with E-state index in [1.54, 1.807) is 0 Å². The second-order valence-corrected chi connectivity index (χ2v) is 6.69. The number of hydrogen-bond donors (Lipinski definition) is 1. The lowest BCUT2D eigenvalue weighted by atomic mass is 9.78. The van der Waals surface area contributed by atoms with Crippen LogP contribution in [0.3, 0.4) is 0 Å². The molecule has 1 aromatic heterocycles. The molecule has 2 rings (SSSR count). The van der Waals surface area contributed by atoms with Crippen molar-refractivity contribution in [1.29, 1.82) is 0 Å². The van der Waals surface area contributed by atoms with Crippen molar-refractivity contribution in [2.45, 2.75) is 45.1 Å². The van der Waals surface area contributed by atoms with Crippen molar-refractivity contribution in [3.63, 3.8) is 0 Å². The first kappa shape index (κ1) is 14.1. The van der Waals surface area contributed by atoms with Crippen LogP contribution < -0.4 is 5.32 Å². The number of aromatic nitrogens is 1. The number of alkyl halides is 1. The summed E-state index contributed by atoms with van der Waals surface area (Å²) in [5.74, 6) is 2.37. The van der Waals surface area contributed by atoms with Gasteiger partial charge in [0.1, 0.15) is 5.82 Å². The molecule has 0 aromatic carbocycles. The maximum atomic E-state index is 6.21. The number of nitrogens with one attached hydrogen (secondary N) is 1. The third-order valence-electron chi connectivity index (χ3n) is 3.85. The van der Waals surface area contributed by atoms with Crippen LogP contribution in [0.1, 0.15) is 38.2 Å². The Morgan fingerprint density at radius 2 is 2.17 bits per heavy atom. The van der Waals surface area contributed by atoms with Gasteiger partial charge in [-0.15, -0.1) is 11.6 Å². The largest absolute Gasteiger partial charge is 0.362 e. The minimum atomic E-state index is 0.0127. The van der Waals surface area contributed by atoms with Crippen LogP contribution in [0, 0.1) is 12.8 Å². The first-order valence-electron chi connectivity index (χ1n) is 6.51. The molecule has 4 heteroatoms. The molecular weight excluding hydrogens is 312 g/mol. The van der Waals surface area contributed by atoms with Gasteiger partial charge in [0.25, 0.3) is 0 Å². The summed E-state index contributed by atoms with van der Waals surface area (Å²) in [6.07, 6.45) is 6.62. The van der Waals surface area contributed by atoms with E-state index >= 15 is 0 Å². The second-order valence-electron chi connectivity index (χ2n) is 5.56. The highest BCUT2D eigenvalue weighted by Crippen LogP contribution is 2.36. The lowest BCUT2D eigenvalue weighted by Crippen LogP contribution is -2.43. The summed E-state index contributed by atoms with van der Waals surface area (Å²) in [7, 11) is 0. The molecule has 0 radical (unpaired) electrons. The number of nitrogens with zero attached hydrogens (tertiary/aromatic N) is 1. The lowest BCUT2D eigenvalue weighted by Gasteiger charge is -2.39. The number of anilines is 1. The van der Waals surface area contributed by atoms with Crippen LogP contribution in [0.25, 0.3) is 0 Å². The van der Waals surface area contributed by atoms with Crippen LogP contribution in [-0.2, 0) is 0 Å². The molecule has 1 aliphatic carbocycles. The van der Waals surface area contributed by atoms with Crippen LogP contribution in [-0.4, -0.2) is 16.4 Å². The molecule has 18 heavy (non-hydrogen) atoms. The van der Waals surface area contributed by atoms with Gasteiger partial charge in [0.15, 0.2) is 0 Å². The van der Waals surface area contributed by atoms with Gasteiger partial charge in [-0.3, -0.25) is 0 Å². The summed E-state index contributed by atoms with van der Waals surface area (Å²) in [6.45, 7) is 4.36. The summed E-state index contributed by atoms with van der Waals surface area (Å²) < 4.78 is 1.02. The lowest BCUT2D eigenvalue weighted by molar-refractivity contribution is 0.286. The molecule has 0 unspecified atom stereocenters. The predicted molar refractivity (Wildman–Crippen MR) is 81.4 cm³/mol. The number of hydrogen-bond acceptors (Lipinski definition) is 2. The van der Waals surface area contributed by atoms with Gasteiger partial charge in [-0.1, -0.05) is 6.92 Å². The van der Waals surface area contributed by atoms with E-state index in [1.807, 2.05) is 13.1 Å². The highest BCUT2D eigenvalue weighted by Gasteiger charge is 2.34. The molecule has 0 saturated heterocycles. The Bertz CT molecular complexity index is 414. The molecule has 0 amide bonds. The fourth-order valence-corrected chi connectivity index (χ4v) is 3.38. The van der Waals surface area contributed by atoms with Crippen molar-refractivity contribution in [1.82, 2.24) is 4.98 Å². The monoisotopic (exact) mass is 330 g/mol. The van der Waals surface area contributed by atoms with E-state index in [4.69, 9.17) is 11.6 Å². The fourth-order valence-electron chi connectivity index (χ4n) is 2.48. The molecule has 0 aliphatic heterocycles. The topological polar surface area (TPSA) is 24.9 Å². The number of halogens is 2. The van der Waals surface area contributed by atoms with Gasteiger partial charge < -0.3 is 5.32 Å². The number of aryl methyl sites for hydroxylation is 1. The molecule has 1 fully saturated rings. The van der Waals surface area contributed by atoms with E-state index < -0.39 is 0 Å². The van der Waals surface area contributed by atoms with Gasteiger partial charge in [-0.2, -0.15) is 0 Å². The Morgan fingerprint density at radius 1 is 1.50 bits per heavy atom. The molecular formula is C14H20BrClN2. The van der Waals surface area contributed by atoms with E-state index in [9.17, 15) is 0 Å². The van der Waals surface area contributed by atoms with E-state index in [2.05, 4.69) is 39.2 Å². The zero-order chi connectivity index (χ0) is 13.2. The zero-order valence-corrected chi connectivity index (χ0v) is 13.3. The summed E-state index contributed by atoms with van der Waals surface area (Å²) in [4.78, 5) is 4.47. The normalized spacial score (nSPS) is 28.1. The van der Waals surface area contributed by atoms with E-state index in [1.165, 1.54) is 12.8 Å². The van der Waals surface area contributed by atoms with Crippen LogP contribution >= 0.6 is 27.5 Å². The maximum absolute atomic E-state index is 6.21. The van der Waals surface area contributed by atoms with Crippen molar-refractivity contribution >= 4 is 33.3 Å². The van der Waals surface area contributed by atoms with E-state index in [0.717, 1.165) is 34.6 Å². The first-order valence-corrected chi connectivity index (χ1v) is 7.84. The quantitative estimate of drug-likeness (QED) is 0.808. The predicted octanol–water partition coefficient (Wildman–Crippen LogP) is 4.75. The highest BCUT2D eigenvalue weighted by atomic mass is 79.9. The molecule has 1 saturated carbocycles. The van der Waals surface area contributed by atoms with Gasteiger partial charge in [0, 0.05) is 12.1 Å². The summed E-state index contributed by atoms with van der Waals surface area (Å²) in [6, 6.07) is 2.09. The molecule has 1 aliphatic rings. The molecule has 0 atom stereocenters. The minimum Gasteiger partial charge on any atom is -0.362 e. The minimum absolute atomic E-state index is 0.0127. The zero-order valence-electron chi connectivity index (χ0n) is 11.0. The molecule has 1 heterocycles. The van der Waals surface area contributed by atoms with E-state index in [-0.39, 0.29) is 5.54 Å². The molecule has 1 aromatic rings. The van der Waals surface area contributed by atoms with Gasteiger partial charge in [-0.25, -0.2) is 4.98 Å². The Labute approximate surface area is 123 Å². The Hall–Kier alpha value is -0.280. The average molecular weight is 332 g/mol. The third-order valence-corrected chi connectivity index (χ3v) is 4.96. The van der Waals surface area contributed by atoms with Gasteiger partial charge >= 0.3 is 0 Å². The maximum Gasteiger partial charge on any atom is 0.140 e. The van der Waals surface area contributed by atoms with Crippen molar-refractivity contribution in [2.75, 3.05) is 11.2 Å².